The van der Waals surface area contributed by atoms with Crippen molar-refractivity contribution in [1.82, 2.24) is 0 Å². The molecule has 5 nitrogen and oxygen atoms in total. The van der Waals surface area contributed by atoms with E-state index in [1.54, 1.807) is 13.8 Å². The average Bonchev–Trinajstić information content (AvgIpc) is 2.62. The van der Waals surface area contributed by atoms with Crippen LogP contribution in [0.3, 0.4) is 0 Å². The molecule has 0 fully saturated rings. The highest BCUT2D eigenvalue weighted by molar-refractivity contribution is 6.17. The predicted octanol–water partition coefficient (Wildman–Crippen LogP) is 2.18. The maximum atomic E-state index is 12.0. The van der Waals surface area contributed by atoms with Gasteiger partial charge in [0.2, 0.25) is 0 Å². The van der Waals surface area contributed by atoms with E-state index in [1.807, 2.05) is 6.92 Å². The molecule has 0 radical (unpaired) electrons. The van der Waals surface area contributed by atoms with Crippen LogP contribution in [0.2, 0.25) is 0 Å². The first-order chi connectivity index (χ1) is 8.97. The number of hydrogen-bond donors (Lipinski definition) is 0. The molecule has 1 aliphatic heterocycles. The summed E-state index contributed by atoms with van der Waals surface area (Å²) < 4.78 is 9.64. The van der Waals surface area contributed by atoms with Gasteiger partial charge in [-0.25, -0.2) is 14.4 Å². The molecule has 1 aromatic carbocycles. The van der Waals surface area contributed by atoms with Gasteiger partial charge in [-0.1, -0.05) is 6.92 Å². The van der Waals surface area contributed by atoms with Crippen molar-refractivity contribution in [2.24, 2.45) is 0 Å². The van der Waals surface area contributed by atoms with E-state index >= 15 is 0 Å². The molecule has 0 aliphatic carbocycles. The fraction of sp³-hybridized carbons (Fsp3) is 0.357. The van der Waals surface area contributed by atoms with Crippen LogP contribution in [0.5, 0.6) is 0 Å². The maximum Gasteiger partial charge on any atom is 0.347 e. The third-order valence-corrected chi connectivity index (χ3v) is 3.03. The minimum Gasteiger partial charge on any atom is -0.462 e. The van der Waals surface area contributed by atoms with Gasteiger partial charge in [0.25, 0.3) is 0 Å². The molecule has 0 amide bonds. The van der Waals surface area contributed by atoms with E-state index in [2.05, 4.69) is 4.74 Å². The van der Waals surface area contributed by atoms with Crippen LogP contribution in [0.25, 0.3) is 0 Å². The molecule has 100 valence electrons. The Morgan fingerprint density at radius 1 is 1.26 bits per heavy atom. The largest absolute Gasteiger partial charge is 0.462 e. The van der Waals surface area contributed by atoms with Gasteiger partial charge in [-0.2, -0.15) is 0 Å². The first kappa shape index (κ1) is 13.3. The zero-order valence-electron chi connectivity index (χ0n) is 11.0. The Hall–Kier alpha value is -2.17. The smallest absolute Gasteiger partial charge is 0.347 e. The molecule has 0 N–H and O–H groups in total. The number of fused-ring (bicyclic) bond motifs is 1. The summed E-state index contributed by atoms with van der Waals surface area (Å²) in [4.78, 5) is 35.1. The van der Waals surface area contributed by atoms with Crippen LogP contribution < -0.4 is 0 Å². The minimum atomic E-state index is -0.706. The highest BCUT2D eigenvalue weighted by atomic mass is 16.6. The van der Waals surface area contributed by atoms with Crippen LogP contribution >= 0.6 is 0 Å². The molecule has 0 bridgehead atoms. The van der Waals surface area contributed by atoms with Crippen LogP contribution in [0.1, 0.15) is 55.5 Å². The van der Waals surface area contributed by atoms with Gasteiger partial charge in [0.05, 0.1) is 23.3 Å². The molecule has 2 rings (SSSR count). The molecule has 0 aromatic heterocycles. The normalized spacial score (nSPS) is 13.2. The Balaban J connectivity index is 2.53. The molecule has 1 aliphatic rings. The number of ether oxygens (including phenoxy) is 2. The Morgan fingerprint density at radius 3 is 2.58 bits per heavy atom. The molecule has 0 saturated carbocycles. The van der Waals surface area contributed by atoms with Crippen LogP contribution in [-0.4, -0.2) is 24.5 Å². The van der Waals surface area contributed by atoms with Gasteiger partial charge in [-0.15, -0.1) is 0 Å². The fourth-order valence-corrected chi connectivity index (χ4v) is 2.18. The first-order valence-corrected chi connectivity index (χ1v) is 6.05. The van der Waals surface area contributed by atoms with Crippen molar-refractivity contribution in [3.05, 3.63) is 33.9 Å². The zero-order valence-corrected chi connectivity index (χ0v) is 11.0. The second kappa shape index (κ2) is 4.84. The zero-order chi connectivity index (χ0) is 14.2. The number of carbonyl (C=O) groups is 3. The molecule has 19 heavy (non-hydrogen) atoms. The summed E-state index contributed by atoms with van der Waals surface area (Å²) in [5.74, 6) is -1.85. The van der Waals surface area contributed by atoms with Crippen molar-refractivity contribution in [2.75, 3.05) is 6.61 Å². The molecule has 1 heterocycles. The van der Waals surface area contributed by atoms with Gasteiger partial charge >= 0.3 is 17.9 Å². The monoisotopic (exact) mass is 262 g/mol. The molecule has 0 unspecified atom stereocenters. The number of hydrogen-bond acceptors (Lipinski definition) is 5. The Labute approximate surface area is 110 Å². The Kier molecular flexibility index (Phi) is 3.38. The molecular formula is C14H14O5. The lowest BCUT2D eigenvalue weighted by Gasteiger charge is -2.11. The summed E-state index contributed by atoms with van der Waals surface area (Å²) in [7, 11) is 0. The number of carbonyl (C=O) groups excluding carboxylic acids is 3. The van der Waals surface area contributed by atoms with Gasteiger partial charge in [0.15, 0.2) is 0 Å². The van der Waals surface area contributed by atoms with Gasteiger partial charge in [0, 0.05) is 0 Å². The van der Waals surface area contributed by atoms with Gasteiger partial charge < -0.3 is 9.47 Å². The lowest BCUT2D eigenvalue weighted by Crippen LogP contribution is -2.13. The van der Waals surface area contributed by atoms with Crippen LogP contribution in [0, 0.1) is 13.8 Å². The summed E-state index contributed by atoms with van der Waals surface area (Å²) in [5.41, 5.74) is 1.75. The van der Waals surface area contributed by atoms with Gasteiger partial charge in [-0.3, -0.25) is 0 Å². The van der Waals surface area contributed by atoms with Crippen molar-refractivity contribution in [3.63, 3.8) is 0 Å². The van der Waals surface area contributed by atoms with E-state index in [0.717, 1.165) is 6.42 Å². The molecule has 0 atom stereocenters. The van der Waals surface area contributed by atoms with Crippen LogP contribution in [-0.2, 0) is 9.47 Å². The summed E-state index contributed by atoms with van der Waals surface area (Å²) in [5, 5.41) is 0. The van der Waals surface area contributed by atoms with E-state index in [9.17, 15) is 14.4 Å². The van der Waals surface area contributed by atoms with Crippen molar-refractivity contribution >= 4 is 17.9 Å². The van der Waals surface area contributed by atoms with Crippen molar-refractivity contribution in [3.8, 4) is 0 Å². The average molecular weight is 262 g/mol. The highest BCUT2D eigenvalue weighted by Gasteiger charge is 2.34. The number of rotatable bonds is 3. The standard InChI is InChI=1S/C14H14O5/c1-4-5-18-13(16)10-7(2)6-9-11(8(10)3)14(17)19-12(9)15/h6H,4-5H2,1-3H3. The number of benzene rings is 1. The topological polar surface area (TPSA) is 69.7 Å². The third kappa shape index (κ3) is 2.12. The molecule has 0 saturated heterocycles. The maximum absolute atomic E-state index is 12.0. The van der Waals surface area contributed by atoms with E-state index < -0.39 is 17.9 Å². The predicted molar refractivity (Wildman–Crippen MR) is 66.2 cm³/mol. The number of cyclic esters (lactones) is 2. The van der Waals surface area contributed by atoms with Crippen molar-refractivity contribution < 1.29 is 23.9 Å². The summed E-state index contributed by atoms with van der Waals surface area (Å²) in [6, 6.07) is 1.50. The van der Waals surface area contributed by atoms with E-state index in [4.69, 9.17) is 4.74 Å². The van der Waals surface area contributed by atoms with E-state index in [0.29, 0.717) is 23.3 Å². The first-order valence-electron chi connectivity index (χ1n) is 6.05. The van der Waals surface area contributed by atoms with Crippen LogP contribution in [0.15, 0.2) is 6.07 Å². The van der Waals surface area contributed by atoms with Gasteiger partial charge in [0.1, 0.15) is 0 Å². The molecule has 0 spiro atoms. The molecular weight excluding hydrogens is 248 g/mol. The quantitative estimate of drug-likeness (QED) is 0.616. The fourth-order valence-electron chi connectivity index (χ4n) is 2.18. The lowest BCUT2D eigenvalue weighted by molar-refractivity contribution is 0.0442. The summed E-state index contributed by atoms with van der Waals surface area (Å²) in [6.07, 6.45) is 0.718. The SMILES string of the molecule is CCCOC(=O)c1c(C)cc2c(c1C)C(=O)OC2=O. The van der Waals surface area contributed by atoms with Crippen LogP contribution in [0.4, 0.5) is 0 Å². The molecule has 5 heteroatoms. The summed E-state index contributed by atoms with van der Waals surface area (Å²) >= 11 is 0. The second-order valence-electron chi connectivity index (χ2n) is 4.43. The lowest BCUT2D eigenvalue weighted by atomic mass is 9.94. The Bertz CT molecular complexity index is 586. The number of aryl methyl sites for hydroxylation is 1. The Morgan fingerprint density at radius 2 is 1.95 bits per heavy atom. The van der Waals surface area contributed by atoms with Gasteiger partial charge in [-0.05, 0) is 37.5 Å². The minimum absolute atomic E-state index is 0.166. The summed E-state index contributed by atoms with van der Waals surface area (Å²) in [6.45, 7) is 5.53. The van der Waals surface area contributed by atoms with E-state index in [1.165, 1.54) is 6.07 Å². The van der Waals surface area contributed by atoms with E-state index in [-0.39, 0.29) is 11.1 Å². The highest BCUT2D eigenvalue weighted by Crippen LogP contribution is 2.29. The second-order valence-corrected chi connectivity index (χ2v) is 4.43. The van der Waals surface area contributed by atoms with Crippen molar-refractivity contribution in [2.45, 2.75) is 27.2 Å². The third-order valence-electron chi connectivity index (χ3n) is 3.03. The molecule has 1 aromatic rings. The van der Waals surface area contributed by atoms with Crippen molar-refractivity contribution in [1.29, 1.82) is 0 Å². The number of esters is 3.